The third-order valence-electron chi connectivity index (χ3n) is 3.66. The van der Waals surface area contributed by atoms with Gasteiger partial charge in [-0.05, 0) is 30.9 Å². The molecule has 1 saturated carbocycles. The number of rotatable bonds is 3. The molecule has 2 N–H and O–H groups in total. The molecule has 90 valence electrons. The summed E-state index contributed by atoms with van der Waals surface area (Å²) in [5, 5.41) is 4.56. The fourth-order valence-electron chi connectivity index (χ4n) is 2.66. The molecule has 0 saturated heterocycles. The van der Waals surface area contributed by atoms with E-state index in [1.54, 1.807) is 0 Å². The number of hydrogen-bond donors (Lipinski definition) is 2. The Balaban J connectivity index is 1.72. The maximum absolute atomic E-state index is 13.5. The number of hydrogen-bond acceptors (Lipinski definition) is 1. The van der Waals surface area contributed by atoms with E-state index in [1.807, 2.05) is 18.3 Å². The van der Waals surface area contributed by atoms with Gasteiger partial charge in [-0.15, -0.1) is 0 Å². The number of nitrogens with one attached hydrogen (secondary N) is 2. The molecule has 1 aliphatic rings. The molecule has 1 aromatic heterocycles. The van der Waals surface area contributed by atoms with E-state index in [4.69, 9.17) is 0 Å². The molecule has 17 heavy (non-hydrogen) atoms. The first-order valence-electron chi connectivity index (χ1n) is 6.27. The van der Waals surface area contributed by atoms with Crippen molar-refractivity contribution in [3.63, 3.8) is 0 Å². The van der Waals surface area contributed by atoms with Crippen molar-refractivity contribution in [2.45, 2.75) is 38.0 Å². The molecule has 3 rings (SSSR count). The summed E-state index contributed by atoms with van der Waals surface area (Å²) in [5.41, 5.74) is 2.37. The molecule has 0 amide bonds. The molecule has 2 aromatic rings. The number of H-pyrrole nitrogens is 1. The molecule has 0 aliphatic heterocycles. The highest BCUT2D eigenvalue weighted by Gasteiger charge is 2.26. The Labute approximate surface area is 100 Å². The van der Waals surface area contributed by atoms with Crippen molar-refractivity contribution in [3.05, 3.63) is 36.0 Å². The summed E-state index contributed by atoms with van der Waals surface area (Å²) in [7, 11) is 0. The topological polar surface area (TPSA) is 27.8 Å². The van der Waals surface area contributed by atoms with Gasteiger partial charge in [-0.1, -0.05) is 18.2 Å². The molecular weight excluding hydrogens is 215 g/mol. The number of aromatic amines is 1. The first-order valence-corrected chi connectivity index (χ1v) is 6.27. The molecule has 2 unspecified atom stereocenters. The Morgan fingerprint density at radius 3 is 3.00 bits per heavy atom. The van der Waals surface area contributed by atoms with E-state index in [-0.39, 0.29) is 6.04 Å². The van der Waals surface area contributed by atoms with Crippen molar-refractivity contribution < 1.29 is 4.39 Å². The number of benzene rings is 1. The Morgan fingerprint density at radius 1 is 1.29 bits per heavy atom. The van der Waals surface area contributed by atoms with Gasteiger partial charge in [-0.25, -0.2) is 4.39 Å². The van der Waals surface area contributed by atoms with Gasteiger partial charge in [0.1, 0.15) is 6.17 Å². The Kier molecular flexibility index (Phi) is 2.85. The monoisotopic (exact) mass is 232 g/mol. The zero-order valence-electron chi connectivity index (χ0n) is 9.75. The zero-order valence-corrected chi connectivity index (χ0v) is 9.75. The van der Waals surface area contributed by atoms with Crippen molar-refractivity contribution in [3.8, 4) is 0 Å². The van der Waals surface area contributed by atoms with Crippen molar-refractivity contribution in [1.29, 1.82) is 0 Å². The average Bonchev–Trinajstić information content (AvgIpc) is 2.93. The Bertz CT molecular complexity index is 506. The molecule has 1 fully saturated rings. The number of aromatic nitrogens is 1. The smallest absolute Gasteiger partial charge is 0.115 e. The summed E-state index contributed by atoms with van der Waals surface area (Å²) in [6, 6.07) is 8.26. The van der Waals surface area contributed by atoms with Crippen molar-refractivity contribution >= 4 is 10.9 Å². The van der Waals surface area contributed by atoms with E-state index in [0.29, 0.717) is 6.42 Å². The number of para-hydroxylation sites is 1. The van der Waals surface area contributed by atoms with Crippen LogP contribution < -0.4 is 5.32 Å². The second-order valence-electron chi connectivity index (χ2n) is 4.79. The van der Waals surface area contributed by atoms with Crippen LogP contribution in [0.5, 0.6) is 0 Å². The minimum absolute atomic E-state index is 0.0451. The lowest BCUT2D eigenvalue weighted by molar-refractivity contribution is 0.279. The molecule has 0 spiro atoms. The van der Waals surface area contributed by atoms with Gasteiger partial charge < -0.3 is 10.3 Å². The fourth-order valence-corrected chi connectivity index (χ4v) is 2.66. The van der Waals surface area contributed by atoms with Crippen molar-refractivity contribution in [2.24, 2.45) is 0 Å². The van der Waals surface area contributed by atoms with Crippen LogP contribution in [0.3, 0.4) is 0 Å². The van der Waals surface area contributed by atoms with E-state index < -0.39 is 6.17 Å². The molecule has 2 nitrogen and oxygen atoms in total. The average molecular weight is 232 g/mol. The summed E-state index contributed by atoms with van der Waals surface area (Å²) >= 11 is 0. The van der Waals surface area contributed by atoms with Crippen LogP contribution in [0.15, 0.2) is 30.5 Å². The van der Waals surface area contributed by atoms with E-state index in [9.17, 15) is 4.39 Å². The van der Waals surface area contributed by atoms with Crippen LogP contribution in [0.4, 0.5) is 4.39 Å². The highest BCUT2D eigenvalue weighted by atomic mass is 19.1. The van der Waals surface area contributed by atoms with Crippen LogP contribution in [-0.4, -0.2) is 17.2 Å². The van der Waals surface area contributed by atoms with Crippen molar-refractivity contribution in [2.75, 3.05) is 0 Å². The molecule has 1 heterocycles. The summed E-state index contributed by atoms with van der Waals surface area (Å²) in [4.78, 5) is 3.24. The van der Waals surface area contributed by atoms with E-state index in [0.717, 1.165) is 24.9 Å². The van der Waals surface area contributed by atoms with Gasteiger partial charge in [0.05, 0.1) is 0 Å². The van der Waals surface area contributed by atoms with Crippen LogP contribution in [0.25, 0.3) is 10.9 Å². The summed E-state index contributed by atoms with van der Waals surface area (Å²) in [6.45, 7) is 0.745. The first kappa shape index (κ1) is 10.8. The second kappa shape index (κ2) is 4.49. The largest absolute Gasteiger partial charge is 0.361 e. The first-order chi connectivity index (χ1) is 8.34. The number of halogens is 1. The van der Waals surface area contributed by atoms with Crippen LogP contribution >= 0.6 is 0 Å². The van der Waals surface area contributed by atoms with Gasteiger partial charge in [0, 0.05) is 29.7 Å². The van der Waals surface area contributed by atoms with Gasteiger partial charge in [-0.2, -0.15) is 0 Å². The molecule has 1 aromatic carbocycles. The lowest BCUT2D eigenvalue weighted by atomic mass is 10.1. The molecular formula is C14H17FN2. The van der Waals surface area contributed by atoms with Crippen LogP contribution in [-0.2, 0) is 6.54 Å². The van der Waals surface area contributed by atoms with Crippen molar-refractivity contribution in [1.82, 2.24) is 10.3 Å². The molecule has 0 bridgehead atoms. The summed E-state index contributed by atoms with van der Waals surface area (Å²) < 4.78 is 13.5. The Morgan fingerprint density at radius 2 is 2.18 bits per heavy atom. The minimum atomic E-state index is -0.666. The Hall–Kier alpha value is -1.35. The fraction of sp³-hybridized carbons (Fsp3) is 0.429. The number of alkyl halides is 1. The maximum Gasteiger partial charge on any atom is 0.115 e. The normalized spacial score (nSPS) is 24.5. The standard InChI is InChI=1S/C14H17FN2/c15-12-5-3-7-14(12)17-9-10-8-16-13-6-2-1-4-11(10)13/h1-2,4,6,8,12,14,16-17H,3,5,7,9H2. The van der Waals surface area contributed by atoms with E-state index in [1.165, 1.54) is 10.9 Å². The predicted octanol–water partition coefficient (Wildman–Crippen LogP) is 3.15. The van der Waals surface area contributed by atoms with Gasteiger partial charge in [0.25, 0.3) is 0 Å². The van der Waals surface area contributed by atoms with Crippen LogP contribution in [0, 0.1) is 0 Å². The maximum atomic E-state index is 13.5. The highest BCUT2D eigenvalue weighted by Crippen LogP contribution is 2.23. The van der Waals surface area contributed by atoms with Crippen LogP contribution in [0.1, 0.15) is 24.8 Å². The third-order valence-corrected chi connectivity index (χ3v) is 3.66. The minimum Gasteiger partial charge on any atom is -0.361 e. The van der Waals surface area contributed by atoms with E-state index in [2.05, 4.69) is 22.4 Å². The lowest BCUT2D eigenvalue weighted by Gasteiger charge is -2.14. The molecule has 1 aliphatic carbocycles. The summed E-state index contributed by atoms with van der Waals surface area (Å²) in [5.74, 6) is 0. The summed E-state index contributed by atoms with van der Waals surface area (Å²) in [6.07, 6.45) is 4.03. The molecule has 0 radical (unpaired) electrons. The van der Waals surface area contributed by atoms with Gasteiger partial charge >= 0.3 is 0 Å². The zero-order chi connectivity index (χ0) is 11.7. The number of fused-ring (bicyclic) bond motifs is 1. The molecule has 3 heteroatoms. The SMILES string of the molecule is FC1CCCC1NCc1c[nH]c2ccccc12. The highest BCUT2D eigenvalue weighted by molar-refractivity contribution is 5.82. The van der Waals surface area contributed by atoms with E-state index >= 15 is 0 Å². The van der Waals surface area contributed by atoms with Gasteiger partial charge in [0.15, 0.2) is 0 Å². The van der Waals surface area contributed by atoms with Gasteiger partial charge in [-0.3, -0.25) is 0 Å². The van der Waals surface area contributed by atoms with Gasteiger partial charge in [0.2, 0.25) is 0 Å². The third kappa shape index (κ3) is 2.07. The molecule has 2 atom stereocenters. The van der Waals surface area contributed by atoms with Crippen LogP contribution in [0.2, 0.25) is 0 Å². The lowest BCUT2D eigenvalue weighted by Crippen LogP contribution is -2.32. The quantitative estimate of drug-likeness (QED) is 0.836. The second-order valence-corrected chi connectivity index (χ2v) is 4.79. The predicted molar refractivity (Wildman–Crippen MR) is 67.7 cm³/mol.